The number of likely N-dealkylation sites (tertiary alicyclic amines) is 1. The quantitative estimate of drug-likeness (QED) is 0.311. The molecule has 1 aromatic rings. The summed E-state index contributed by atoms with van der Waals surface area (Å²) in [5.41, 5.74) is 1.94. The minimum Gasteiger partial charge on any atom is -0.486 e. The third-order valence-electron chi connectivity index (χ3n) is 3.95. The lowest BCUT2D eigenvalue weighted by Crippen LogP contribution is -2.50. The summed E-state index contributed by atoms with van der Waals surface area (Å²) >= 11 is 5.98. The van der Waals surface area contributed by atoms with E-state index in [0.717, 1.165) is 24.7 Å². The van der Waals surface area contributed by atoms with Crippen molar-refractivity contribution in [1.29, 1.82) is 0 Å². The van der Waals surface area contributed by atoms with E-state index >= 15 is 0 Å². The van der Waals surface area contributed by atoms with Crippen LogP contribution >= 0.6 is 11.6 Å². The van der Waals surface area contributed by atoms with Gasteiger partial charge in [-0.05, 0) is 25.5 Å². The predicted molar refractivity (Wildman–Crippen MR) is 104 cm³/mol. The van der Waals surface area contributed by atoms with E-state index in [1.165, 1.54) is 19.3 Å². The van der Waals surface area contributed by atoms with Crippen molar-refractivity contribution in [2.45, 2.75) is 45.6 Å². The van der Waals surface area contributed by atoms with Crippen molar-refractivity contribution in [3.05, 3.63) is 40.7 Å². The second kappa shape index (κ2) is 10.1. The molecule has 0 aromatic carbocycles. The Kier molecular flexibility index (Phi) is 7.85. The van der Waals surface area contributed by atoms with Gasteiger partial charge in [0.25, 0.3) is 0 Å². The van der Waals surface area contributed by atoms with E-state index in [2.05, 4.69) is 4.98 Å². The average molecular weight is 377 g/mol. The highest BCUT2D eigenvalue weighted by Gasteiger charge is 2.28. The van der Waals surface area contributed by atoms with Crippen molar-refractivity contribution in [1.82, 2.24) is 9.88 Å². The van der Waals surface area contributed by atoms with Crippen molar-refractivity contribution in [3.8, 4) is 0 Å². The molecule has 140 valence electrons. The van der Waals surface area contributed by atoms with Crippen LogP contribution in [0.2, 0.25) is 5.15 Å². The van der Waals surface area contributed by atoms with Crippen LogP contribution in [0.5, 0.6) is 0 Å². The summed E-state index contributed by atoms with van der Waals surface area (Å²) in [7, 11) is 0. The number of halogens is 1. The zero-order chi connectivity index (χ0) is 18.9. The van der Waals surface area contributed by atoms with Gasteiger partial charge in [0.2, 0.25) is 6.41 Å². The molecule has 0 radical (unpaired) electrons. The fourth-order valence-electron chi connectivity index (χ4n) is 2.37. The topological polar surface area (TPSA) is 59.5 Å². The average Bonchev–Trinajstić information content (AvgIpc) is 3.47. The molecule has 0 bridgehead atoms. The maximum atomic E-state index is 11.3. The van der Waals surface area contributed by atoms with Crippen LogP contribution in [0.25, 0.3) is 11.3 Å². The first-order valence-corrected chi connectivity index (χ1v) is 9.34. The van der Waals surface area contributed by atoms with Gasteiger partial charge in [0, 0.05) is 22.9 Å². The van der Waals surface area contributed by atoms with Crippen molar-refractivity contribution in [2.24, 2.45) is 0 Å². The zero-order valence-corrected chi connectivity index (χ0v) is 16.0. The van der Waals surface area contributed by atoms with E-state index < -0.39 is 0 Å². The summed E-state index contributed by atoms with van der Waals surface area (Å²) < 4.78 is 6.00. The van der Waals surface area contributed by atoms with Gasteiger partial charge in [-0.2, -0.15) is 0 Å². The molecule has 1 amide bonds. The number of hydrogen-bond acceptors (Lipinski definition) is 4. The summed E-state index contributed by atoms with van der Waals surface area (Å²) in [6, 6.07) is 1.66. The largest absolute Gasteiger partial charge is 0.486 e. The number of amides is 1. The third-order valence-corrected chi connectivity index (χ3v) is 4.15. The Morgan fingerprint density at radius 1 is 1.31 bits per heavy atom. The molecular weight excluding hydrogens is 352 g/mol. The van der Waals surface area contributed by atoms with Crippen molar-refractivity contribution in [2.75, 3.05) is 13.1 Å². The van der Waals surface area contributed by atoms with Crippen LogP contribution in [0.1, 0.15) is 50.7 Å². The SMILES string of the molecule is C/C=C(/C=O)c1cc(Cl)ncc1/C(=C/CC)OC1CN(C=O)C1.C1CC1. The van der Waals surface area contributed by atoms with E-state index in [1.54, 1.807) is 30.2 Å². The standard InChI is InChI=1S/C17H19ClN2O3.C3H6/c1-3-5-16(23-13-8-20(9-13)11-22)15-7-19-17(18)6-14(15)12(4-2)10-21;1-2-3-1/h4-7,10-11,13H,3,8-9H2,1-2H3;1-3H2/b12-4-,16-5-;. The van der Waals surface area contributed by atoms with Crippen LogP contribution in [0.3, 0.4) is 0 Å². The first-order chi connectivity index (χ1) is 12.6. The van der Waals surface area contributed by atoms with Gasteiger partial charge in [0.05, 0.1) is 13.1 Å². The van der Waals surface area contributed by atoms with Crippen LogP contribution in [0, 0.1) is 0 Å². The third kappa shape index (κ3) is 5.70. The molecule has 1 saturated carbocycles. The lowest BCUT2D eigenvalue weighted by Gasteiger charge is -2.37. The fraction of sp³-hybridized carbons (Fsp3) is 0.450. The summed E-state index contributed by atoms with van der Waals surface area (Å²) in [5, 5.41) is 0.316. The molecule has 26 heavy (non-hydrogen) atoms. The number of hydrogen-bond donors (Lipinski definition) is 0. The van der Waals surface area contributed by atoms with E-state index in [9.17, 15) is 9.59 Å². The molecular formula is C20H25ClN2O3. The molecule has 0 atom stereocenters. The number of pyridine rings is 1. The Labute approximate surface area is 159 Å². The van der Waals surface area contributed by atoms with E-state index in [-0.39, 0.29) is 6.10 Å². The molecule has 1 saturated heterocycles. The number of ether oxygens (including phenoxy) is 1. The van der Waals surface area contributed by atoms with E-state index in [1.807, 2.05) is 13.0 Å². The second-order valence-corrected chi connectivity index (χ2v) is 6.64. The highest BCUT2D eigenvalue weighted by molar-refractivity contribution is 6.29. The van der Waals surface area contributed by atoms with Gasteiger partial charge in [-0.3, -0.25) is 9.59 Å². The van der Waals surface area contributed by atoms with Gasteiger partial charge >= 0.3 is 0 Å². The van der Waals surface area contributed by atoms with Gasteiger partial charge in [0.1, 0.15) is 23.3 Å². The molecule has 0 unspecified atom stereocenters. The molecule has 1 aliphatic carbocycles. The minimum atomic E-state index is -0.0492. The van der Waals surface area contributed by atoms with Gasteiger partial charge in [-0.15, -0.1) is 0 Å². The first-order valence-electron chi connectivity index (χ1n) is 8.96. The van der Waals surface area contributed by atoms with Crippen LogP contribution in [0.15, 0.2) is 24.4 Å². The highest BCUT2D eigenvalue weighted by Crippen LogP contribution is 2.29. The molecule has 5 nitrogen and oxygen atoms in total. The van der Waals surface area contributed by atoms with Gasteiger partial charge in [-0.1, -0.05) is 43.9 Å². The Hall–Kier alpha value is -2.14. The Morgan fingerprint density at radius 3 is 2.50 bits per heavy atom. The summed E-state index contributed by atoms with van der Waals surface area (Å²) in [6.45, 7) is 4.91. The Bertz CT molecular complexity index is 690. The van der Waals surface area contributed by atoms with Crippen molar-refractivity contribution in [3.63, 3.8) is 0 Å². The van der Waals surface area contributed by atoms with Crippen molar-refractivity contribution < 1.29 is 14.3 Å². The number of carbonyl (C=O) groups is 2. The maximum absolute atomic E-state index is 11.3. The molecule has 1 aliphatic heterocycles. The lowest BCUT2D eigenvalue weighted by atomic mass is 10.0. The molecule has 1 aromatic heterocycles. The molecule has 0 spiro atoms. The van der Waals surface area contributed by atoms with Gasteiger partial charge in [-0.25, -0.2) is 4.98 Å². The molecule has 2 aliphatic rings. The highest BCUT2D eigenvalue weighted by atomic mass is 35.5. The summed E-state index contributed by atoms with van der Waals surface area (Å²) in [6.07, 6.45) is 12.1. The monoisotopic (exact) mass is 376 g/mol. The predicted octanol–water partition coefficient (Wildman–Crippen LogP) is 4.12. The van der Waals surface area contributed by atoms with Gasteiger partial charge < -0.3 is 9.64 Å². The van der Waals surface area contributed by atoms with Crippen LogP contribution in [-0.4, -0.2) is 41.8 Å². The Morgan fingerprint density at radius 2 is 2.00 bits per heavy atom. The zero-order valence-electron chi connectivity index (χ0n) is 15.3. The normalized spacial score (nSPS) is 17.0. The maximum Gasteiger partial charge on any atom is 0.209 e. The molecule has 2 fully saturated rings. The van der Waals surface area contributed by atoms with E-state index in [0.29, 0.717) is 35.1 Å². The number of rotatable bonds is 7. The molecule has 0 N–H and O–H groups in total. The number of carbonyl (C=O) groups excluding carboxylic acids is 2. The number of nitrogens with zero attached hydrogens (tertiary/aromatic N) is 2. The molecule has 2 heterocycles. The number of aldehydes is 1. The van der Waals surface area contributed by atoms with Crippen molar-refractivity contribution >= 4 is 35.6 Å². The lowest BCUT2D eigenvalue weighted by molar-refractivity contribution is -0.127. The molecule has 3 rings (SSSR count). The van der Waals surface area contributed by atoms with E-state index in [4.69, 9.17) is 16.3 Å². The number of aromatic nitrogens is 1. The number of allylic oxidation sites excluding steroid dienone is 3. The fourth-order valence-corrected chi connectivity index (χ4v) is 2.53. The smallest absolute Gasteiger partial charge is 0.209 e. The van der Waals surface area contributed by atoms with Gasteiger partial charge in [0.15, 0.2) is 0 Å². The van der Waals surface area contributed by atoms with Crippen LogP contribution < -0.4 is 0 Å². The molecule has 6 heteroatoms. The summed E-state index contributed by atoms with van der Waals surface area (Å²) in [4.78, 5) is 27.7. The Balaban J connectivity index is 0.000000732. The first kappa shape index (κ1) is 20.2. The van der Waals surface area contributed by atoms with Crippen LogP contribution in [-0.2, 0) is 14.3 Å². The van der Waals surface area contributed by atoms with Crippen LogP contribution in [0.4, 0.5) is 0 Å². The second-order valence-electron chi connectivity index (χ2n) is 6.25. The summed E-state index contributed by atoms with van der Waals surface area (Å²) in [5.74, 6) is 0.656. The minimum absolute atomic E-state index is 0.0492.